The van der Waals surface area contributed by atoms with Gasteiger partial charge in [0, 0.05) is 11.6 Å². The molecule has 1 amide bonds. The molecule has 2 heterocycles. The number of fused-ring (bicyclic) bond motifs is 1. The molecule has 2 aromatic heterocycles. The topological polar surface area (TPSA) is 90.5 Å². The van der Waals surface area contributed by atoms with E-state index < -0.39 is 0 Å². The maximum Gasteiger partial charge on any atom is 1.00 e. The maximum atomic E-state index is 14.1. The van der Waals surface area contributed by atoms with Gasteiger partial charge in [0.2, 0.25) is 5.91 Å². The zero-order valence-electron chi connectivity index (χ0n) is 22.0. The van der Waals surface area contributed by atoms with Gasteiger partial charge in [0.05, 0.1) is 16.7 Å². The Bertz CT molecular complexity index is 1330. The number of aromatic nitrogens is 6. The Labute approximate surface area is 224 Å². The SMILES string of the molecule is O=C(NC1CCCCC1)C(C1CCCCC1)n1c(-c2cccc(-n3cnnn3)c2)nc2ccccc21.[Cl-].[H+]. The van der Waals surface area contributed by atoms with E-state index in [0.29, 0.717) is 5.92 Å². The third-order valence-electron chi connectivity index (χ3n) is 7.91. The van der Waals surface area contributed by atoms with Crippen LogP contribution in [0, 0.1) is 5.92 Å². The summed E-state index contributed by atoms with van der Waals surface area (Å²) in [5, 5.41) is 15.1. The summed E-state index contributed by atoms with van der Waals surface area (Å²) in [7, 11) is 0. The lowest BCUT2D eigenvalue weighted by molar-refractivity contribution is -0.127. The predicted octanol–water partition coefficient (Wildman–Crippen LogP) is 2.37. The molecule has 2 fully saturated rings. The first-order valence-corrected chi connectivity index (χ1v) is 13.4. The molecule has 0 spiro atoms. The van der Waals surface area contributed by atoms with Crippen molar-refractivity contribution in [2.75, 3.05) is 0 Å². The molecule has 0 bridgehead atoms. The molecule has 6 rings (SSSR count). The Kier molecular flexibility index (Phi) is 7.84. The van der Waals surface area contributed by atoms with Crippen LogP contribution in [0.2, 0.25) is 0 Å². The van der Waals surface area contributed by atoms with Crippen LogP contribution < -0.4 is 17.7 Å². The number of carbonyl (C=O) groups excluding carboxylic acids is 1. The average molecular weight is 520 g/mol. The van der Waals surface area contributed by atoms with E-state index in [-0.39, 0.29) is 31.8 Å². The van der Waals surface area contributed by atoms with Crippen molar-refractivity contribution in [3.63, 3.8) is 0 Å². The molecule has 1 atom stereocenters. The Morgan fingerprint density at radius 2 is 1.70 bits per heavy atom. The third kappa shape index (κ3) is 5.25. The van der Waals surface area contributed by atoms with Crippen molar-refractivity contribution in [2.45, 2.75) is 76.3 Å². The molecule has 9 heteroatoms. The Morgan fingerprint density at radius 1 is 0.946 bits per heavy atom. The van der Waals surface area contributed by atoms with Crippen molar-refractivity contribution in [1.29, 1.82) is 0 Å². The van der Waals surface area contributed by atoms with E-state index in [1.165, 1.54) is 38.5 Å². The van der Waals surface area contributed by atoms with E-state index in [9.17, 15) is 4.79 Å². The van der Waals surface area contributed by atoms with E-state index in [1.807, 2.05) is 36.4 Å². The molecule has 0 aliphatic heterocycles. The largest absolute Gasteiger partial charge is 1.00 e. The average Bonchev–Trinajstić information content (AvgIpc) is 3.60. The Morgan fingerprint density at radius 3 is 2.46 bits per heavy atom. The van der Waals surface area contributed by atoms with Gasteiger partial charge in [-0.15, -0.1) is 5.10 Å². The van der Waals surface area contributed by atoms with Gasteiger partial charge < -0.3 is 22.3 Å². The minimum Gasteiger partial charge on any atom is -1.00 e. The number of amides is 1. The number of halogens is 1. The standard InChI is InChI=1S/C28H33N7O.ClH/c36-28(30-22-13-5-2-6-14-22)26(20-10-3-1-4-11-20)35-25-17-8-7-16-24(25)31-27(35)21-12-9-15-23(18-21)34-19-29-32-33-34;/h7-9,12,15-20,22,26H,1-6,10-11,13-14H2,(H,30,36);1H. The molecule has 194 valence electrons. The quantitative estimate of drug-likeness (QED) is 0.422. The first-order valence-electron chi connectivity index (χ1n) is 13.4. The molecular formula is C28H34ClN7O. The number of nitrogens with one attached hydrogen (secondary N) is 1. The van der Waals surface area contributed by atoms with E-state index in [4.69, 9.17) is 4.98 Å². The lowest BCUT2D eigenvalue weighted by atomic mass is 9.82. The Hall–Kier alpha value is -3.26. The number of hydrogen-bond donors (Lipinski definition) is 1. The van der Waals surface area contributed by atoms with Gasteiger partial charge in [0.15, 0.2) is 0 Å². The second-order valence-corrected chi connectivity index (χ2v) is 10.3. The number of tetrazole rings is 1. The summed E-state index contributed by atoms with van der Waals surface area (Å²) >= 11 is 0. The molecule has 2 aliphatic rings. The molecule has 1 unspecified atom stereocenters. The second-order valence-electron chi connectivity index (χ2n) is 10.3. The van der Waals surface area contributed by atoms with Gasteiger partial charge in [-0.05, 0) is 66.3 Å². The van der Waals surface area contributed by atoms with Crippen LogP contribution in [0.3, 0.4) is 0 Å². The van der Waals surface area contributed by atoms with Crippen molar-refractivity contribution < 1.29 is 18.6 Å². The van der Waals surface area contributed by atoms with Crippen molar-refractivity contribution in [1.82, 2.24) is 35.1 Å². The summed E-state index contributed by atoms with van der Waals surface area (Å²) < 4.78 is 3.87. The number of imidazole rings is 1. The van der Waals surface area contributed by atoms with Gasteiger partial charge in [0.1, 0.15) is 18.2 Å². The highest BCUT2D eigenvalue weighted by Gasteiger charge is 2.35. The molecule has 0 saturated heterocycles. The normalized spacial score (nSPS) is 17.8. The zero-order valence-corrected chi connectivity index (χ0v) is 21.7. The van der Waals surface area contributed by atoms with Gasteiger partial charge >= 0.3 is 1.43 Å². The number of benzene rings is 2. The number of nitrogens with zero attached hydrogens (tertiary/aromatic N) is 6. The van der Waals surface area contributed by atoms with Crippen LogP contribution in [-0.4, -0.2) is 41.7 Å². The Balaban J connectivity index is 0.00000168. The van der Waals surface area contributed by atoms with Gasteiger partial charge in [0.25, 0.3) is 0 Å². The molecule has 2 aromatic carbocycles. The van der Waals surface area contributed by atoms with E-state index >= 15 is 0 Å². The lowest BCUT2D eigenvalue weighted by Gasteiger charge is -2.33. The fraction of sp³-hybridized carbons (Fsp3) is 0.464. The molecule has 4 aromatic rings. The van der Waals surface area contributed by atoms with Crippen molar-refractivity contribution in [2.24, 2.45) is 5.92 Å². The highest BCUT2D eigenvalue weighted by atomic mass is 35.5. The van der Waals surface area contributed by atoms with Gasteiger partial charge in [-0.25, -0.2) is 9.67 Å². The molecule has 8 nitrogen and oxygen atoms in total. The minimum atomic E-state index is -0.286. The fourth-order valence-corrected chi connectivity index (χ4v) is 6.12. The summed E-state index contributed by atoms with van der Waals surface area (Å²) in [5.74, 6) is 1.26. The van der Waals surface area contributed by atoms with Crippen LogP contribution in [0.5, 0.6) is 0 Å². The minimum absolute atomic E-state index is 0. The third-order valence-corrected chi connectivity index (χ3v) is 7.91. The van der Waals surface area contributed by atoms with Crippen LogP contribution in [0.1, 0.15) is 71.7 Å². The number of carbonyl (C=O) groups is 1. The predicted molar refractivity (Wildman–Crippen MR) is 140 cm³/mol. The van der Waals surface area contributed by atoms with Gasteiger partial charge in [-0.2, -0.15) is 0 Å². The number of para-hydroxylation sites is 2. The van der Waals surface area contributed by atoms with Gasteiger partial charge in [-0.3, -0.25) is 4.79 Å². The molecule has 1 N–H and O–H groups in total. The summed E-state index contributed by atoms with van der Waals surface area (Å²) in [4.78, 5) is 19.2. The van der Waals surface area contributed by atoms with Crippen LogP contribution in [-0.2, 0) is 4.79 Å². The molecule has 37 heavy (non-hydrogen) atoms. The summed E-state index contributed by atoms with van der Waals surface area (Å²) in [5.41, 5.74) is 3.73. The fourth-order valence-electron chi connectivity index (χ4n) is 6.12. The van der Waals surface area contributed by atoms with Crippen LogP contribution >= 0.6 is 0 Å². The number of hydrogen-bond acceptors (Lipinski definition) is 5. The maximum absolute atomic E-state index is 14.1. The van der Waals surface area contributed by atoms with E-state index in [2.05, 4.69) is 37.5 Å². The molecular weight excluding hydrogens is 486 g/mol. The van der Waals surface area contributed by atoms with Crippen LogP contribution in [0.15, 0.2) is 54.9 Å². The molecule has 2 saturated carbocycles. The first-order chi connectivity index (χ1) is 17.8. The summed E-state index contributed by atoms with van der Waals surface area (Å²) in [6.45, 7) is 0. The van der Waals surface area contributed by atoms with Crippen molar-refractivity contribution in [3.05, 3.63) is 54.9 Å². The van der Waals surface area contributed by atoms with Crippen molar-refractivity contribution in [3.8, 4) is 17.1 Å². The summed E-state index contributed by atoms with van der Waals surface area (Å²) in [6, 6.07) is 16.3. The molecule has 2 aliphatic carbocycles. The van der Waals surface area contributed by atoms with E-state index in [1.54, 1.807) is 11.0 Å². The lowest BCUT2D eigenvalue weighted by Crippen LogP contribution is -3.00. The second kappa shape index (κ2) is 11.4. The smallest absolute Gasteiger partial charge is 1.00 e. The molecule has 0 radical (unpaired) electrons. The van der Waals surface area contributed by atoms with Crippen molar-refractivity contribution >= 4 is 16.9 Å². The van der Waals surface area contributed by atoms with Crippen LogP contribution in [0.25, 0.3) is 28.1 Å². The first kappa shape index (κ1) is 25.4. The van der Waals surface area contributed by atoms with Gasteiger partial charge in [-0.1, -0.05) is 62.8 Å². The zero-order chi connectivity index (χ0) is 24.3. The van der Waals surface area contributed by atoms with Crippen LogP contribution in [0.4, 0.5) is 0 Å². The summed E-state index contributed by atoms with van der Waals surface area (Å²) in [6.07, 6.45) is 13.1. The highest BCUT2D eigenvalue weighted by molar-refractivity contribution is 5.87. The van der Waals surface area contributed by atoms with E-state index in [0.717, 1.165) is 53.8 Å². The highest BCUT2D eigenvalue weighted by Crippen LogP contribution is 2.39. The number of rotatable bonds is 6. The monoisotopic (exact) mass is 519 g/mol.